The molecule has 0 aliphatic heterocycles. The highest BCUT2D eigenvalue weighted by Crippen LogP contribution is 2.18. The summed E-state index contributed by atoms with van der Waals surface area (Å²) in [5, 5.41) is 16.7. The zero-order valence-electron chi connectivity index (χ0n) is 15.5. The number of benzene rings is 3. The predicted octanol–water partition coefficient (Wildman–Crippen LogP) is 4.44. The molecule has 0 saturated heterocycles. The number of anilines is 3. The Morgan fingerprint density at radius 2 is 1.79 bits per heavy atom. The van der Waals surface area contributed by atoms with Gasteiger partial charge in [-0.25, -0.2) is 0 Å². The van der Waals surface area contributed by atoms with Crippen LogP contribution in [0.3, 0.4) is 0 Å². The van der Waals surface area contributed by atoms with Crippen LogP contribution >= 0.6 is 0 Å². The Balaban J connectivity index is 1.55. The molecule has 0 saturated carbocycles. The van der Waals surface area contributed by atoms with Crippen molar-refractivity contribution in [3.8, 4) is 0 Å². The molecule has 0 aliphatic rings. The fraction of sp³-hybridized carbons (Fsp3) is 0.0455. The maximum Gasteiger partial charge on any atom is 0.271 e. The van der Waals surface area contributed by atoms with E-state index in [9.17, 15) is 14.9 Å². The largest absolute Gasteiger partial charge is 0.397 e. The lowest BCUT2D eigenvalue weighted by Crippen LogP contribution is -2.09. The molecular formula is C22H20N4O3. The highest BCUT2D eigenvalue weighted by molar-refractivity contribution is 6.03. The Labute approximate surface area is 168 Å². The van der Waals surface area contributed by atoms with Crippen molar-refractivity contribution >= 4 is 34.7 Å². The minimum Gasteiger partial charge on any atom is -0.397 e. The zero-order chi connectivity index (χ0) is 20.6. The highest BCUT2D eigenvalue weighted by atomic mass is 16.6. The van der Waals surface area contributed by atoms with Crippen LogP contribution in [0.1, 0.15) is 11.1 Å². The first kappa shape index (κ1) is 19.6. The second-order valence-electron chi connectivity index (χ2n) is 6.31. The van der Waals surface area contributed by atoms with Crippen LogP contribution in [0.2, 0.25) is 0 Å². The number of nitrogens with two attached hydrogens (primary N) is 1. The SMILES string of the molecule is Nc1ccccc1NC(=O)/C=C\c1ccc(CNc2cccc([N+](=O)[O-])c2)cc1. The van der Waals surface area contributed by atoms with Crippen LogP contribution in [0.25, 0.3) is 6.08 Å². The van der Waals surface area contributed by atoms with E-state index in [0.29, 0.717) is 23.6 Å². The number of hydrogen-bond donors (Lipinski definition) is 3. The third-order valence-corrected chi connectivity index (χ3v) is 4.18. The number of carbonyl (C=O) groups excluding carboxylic acids is 1. The van der Waals surface area contributed by atoms with E-state index in [0.717, 1.165) is 11.1 Å². The fourth-order valence-corrected chi connectivity index (χ4v) is 2.64. The molecule has 29 heavy (non-hydrogen) atoms. The van der Waals surface area contributed by atoms with Crippen molar-refractivity contribution in [3.63, 3.8) is 0 Å². The number of hydrogen-bond acceptors (Lipinski definition) is 5. The maximum absolute atomic E-state index is 12.0. The average Bonchev–Trinajstić information content (AvgIpc) is 2.73. The van der Waals surface area contributed by atoms with Gasteiger partial charge in [-0.15, -0.1) is 0 Å². The number of non-ortho nitro benzene ring substituents is 1. The number of nitro groups is 1. The molecule has 0 bridgehead atoms. The second kappa shape index (κ2) is 9.18. The molecule has 0 aromatic heterocycles. The lowest BCUT2D eigenvalue weighted by molar-refractivity contribution is -0.384. The van der Waals surface area contributed by atoms with Crippen LogP contribution < -0.4 is 16.4 Å². The van der Waals surface area contributed by atoms with E-state index in [2.05, 4.69) is 10.6 Å². The van der Waals surface area contributed by atoms with Gasteiger partial charge in [0.05, 0.1) is 16.3 Å². The summed E-state index contributed by atoms with van der Waals surface area (Å²) in [5.41, 5.74) is 9.50. The first-order chi connectivity index (χ1) is 14.0. The summed E-state index contributed by atoms with van der Waals surface area (Å²) in [6, 6.07) is 21.1. The first-order valence-electron chi connectivity index (χ1n) is 8.92. The van der Waals surface area contributed by atoms with Crippen molar-refractivity contribution in [1.29, 1.82) is 0 Å². The summed E-state index contributed by atoms with van der Waals surface area (Å²) in [6.45, 7) is 0.527. The third-order valence-electron chi connectivity index (χ3n) is 4.18. The number of nitrogens with one attached hydrogen (secondary N) is 2. The van der Waals surface area contributed by atoms with Crippen molar-refractivity contribution in [2.45, 2.75) is 6.54 Å². The van der Waals surface area contributed by atoms with E-state index in [4.69, 9.17) is 5.73 Å². The number of rotatable bonds is 7. The number of carbonyl (C=O) groups is 1. The lowest BCUT2D eigenvalue weighted by Gasteiger charge is -2.07. The van der Waals surface area contributed by atoms with E-state index in [-0.39, 0.29) is 11.6 Å². The standard InChI is InChI=1S/C22H20N4O3/c23-20-6-1-2-7-21(20)25-22(27)13-12-16-8-10-17(11-9-16)15-24-18-4-3-5-19(14-18)26(28)29/h1-14,24H,15,23H2,(H,25,27)/b13-12-. The molecule has 7 nitrogen and oxygen atoms in total. The summed E-state index contributed by atoms with van der Waals surface area (Å²) in [4.78, 5) is 22.4. The summed E-state index contributed by atoms with van der Waals surface area (Å²) in [6.07, 6.45) is 3.16. The second-order valence-corrected chi connectivity index (χ2v) is 6.31. The van der Waals surface area contributed by atoms with Crippen molar-refractivity contribution in [3.05, 3.63) is 100 Å². The van der Waals surface area contributed by atoms with Gasteiger partial charge in [-0.3, -0.25) is 14.9 Å². The smallest absolute Gasteiger partial charge is 0.271 e. The van der Waals surface area contributed by atoms with E-state index >= 15 is 0 Å². The molecule has 0 spiro atoms. The van der Waals surface area contributed by atoms with Crippen LogP contribution in [0.4, 0.5) is 22.7 Å². The Kier molecular flexibility index (Phi) is 6.22. The number of nitrogens with zero attached hydrogens (tertiary/aromatic N) is 1. The van der Waals surface area contributed by atoms with Crippen molar-refractivity contribution in [1.82, 2.24) is 0 Å². The normalized spacial score (nSPS) is 10.6. The predicted molar refractivity (Wildman–Crippen MR) is 115 cm³/mol. The lowest BCUT2D eigenvalue weighted by atomic mass is 10.1. The van der Waals surface area contributed by atoms with Crippen molar-refractivity contribution < 1.29 is 9.72 Å². The Morgan fingerprint density at radius 1 is 1.03 bits per heavy atom. The molecule has 4 N–H and O–H groups in total. The monoisotopic (exact) mass is 388 g/mol. The summed E-state index contributed by atoms with van der Waals surface area (Å²) >= 11 is 0. The van der Waals surface area contributed by atoms with Crippen LogP contribution in [0.15, 0.2) is 78.9 Å². The highest BCUT2D eigenvalue weighted by Gasteiger charge is 2.05. The van der Waals surface area contributed by atoms with Gasteiger partial charge in [0.1, 0.15) is 0 Å². The van der Waals surface area contributed by atoms with Crippen molar-refractivity contribution in [2.24, 2.45) is 0 Å². The first-order valence-corrected chi connectivity index (χ1v) is 8.92. The van der Waals surface area contributed by atoms with E-state index in [1.54, 1.807) is 42.5 Å². The minimum absolute atomic E-state index is 0.0472. The zero-order valence-corrected chi connectivity index (χ0v) is 15.5. The number of nitro benzene ring substituents is 1. The van der Waals surface area contributed by atoms with Crippen LogP contribution in [0, 0.1) is 10.1 Å². The molecule has 1 amide bonds. The van der Waals surface area contributed by atoms with Gasteiger partial charge >= 0.3 is 0 Å². The average molecular weight is 388 g/mol. The molecule has 0 heterocycles. The van der Waals surface area contributed by atoms with Crippen LogP contribution in [-0.2, 0) is 11.3 Å². The summed E-state index contributed by atoms with van der Waals surface area (Å²) in [7, 11) is 0. The summed E-state index contributed by atoms with van der Waals surface area (Å²) in [5.74, 6) is -0.265. The van der Waals surface area contributed by atoms with Gasteiger partial charge in [-0.05, 0) is 35.4 Å². The topological polar surface area (TPSA) is 110 Å². The molecule has 3 aromatic carbocycles. The molecular weight excluding hydrogens is 368 g/mol. The van der Waals surface area contributed by atoms with Gasteiger partial charge in [-0.1, -0.05) is 42.5 Å². The van der Waals surface area contributed by atoms with E-state index in [1.165, 1.54) is 18.2 Å². The summed E-state index contributed by atoms with van der Waals surface area (Å²) < 4.78 is 0. The van der Waals surface area contributed by atoms with Gasteiger partial charge in [0, 0.05) is 30.4 Å². The van der Waals surface area contributed by atoms with E-state index in [1.807, 2.05) is 24.3 Å². The van der Waals surface area contributed by atoms with Gasteiger partial charge < -0.3 is 16.4 Å². The van der Waals surface area contributed by atoms with Crippen molar-refractivity contribution in [2.75, 3.05) is 16.4 Å². The van der Waals surface area contributed by atoms with Gasteiger partial charge in [0.2, 0.25) is 5.91 Å². The maximum atomic E-state index is 12.0. The Morgan fingerprint density at radius 3 is 2.52 bits per heavy atom. The molecule has 7 heteroatoms. The Hall–Kier alpha value is -4.13. The third kappa shape index (κ3) is 5.67. The van der Waals surface area contributed by atoms with E-state index < -0.39 is 4.92 Å². The number of para-hydroxylation sites is 2. The molecule has 3 rings (SSSR count). The molecule has 0 aliphatic carbocycles. The molecule has 146 valence electrons. The Bertz CT molecular complexity index is 1050. The van der Waals surface area contributed by atoms with Gasteiger partial charge in [0.15, 0.2) is 0 Å². The molecule has 0 atom stereocenters. The minimum atomic E-state index is -0.422. The van der Waals surface area contributed by atoms with Gasteiger partial charge in [0.25, 0.3) is 5.69 Å². The number of nitrogen functional groups attached to an aromatic ring is 1. The van der Waals surface area contributed by atoms with Gasteiger partial charge in [-0.2, -0.15) is 0 Å². The molecule has 0 fully saturated rings. The van der Waals surface area contributed by atoms with Crippen LogP contribution in [-0.4, -0.2) is 10.8 Å². The molecule has 3 aromatic rings. The molecule has 0 unspecified atom stereocenters. The fourth-order valence-electron chi connectivity index (χ4n) is 2.64. The van der Waals surface area contributed by atoms with Crippen LogP contribution in [0.5, 0.6) is 0 Å². The number of amides is 1. The molecule has 0 radical (unpaired) electrons. The quantitative estimate of drug-likeness (QED) is 0.240.